The molecule has 144 valence electrons. The molecule has 10 heteroatoms. The summed E-state index contributed by atoms with van der Waals surface area (Å²) in [4.78, 5) is 39.4. The quantitative estimate of drug-likeness (QED) is 0.575. The molecule has 0 amide bonds. The van der Waals surface area contributed by atoms with Crippen molar-refractivity contribution in [3.8, 4) is 0 Å². The number of halogens is 3. The topological polar surface area (TPSA) is 91.8 Å². The lowest BCUT2D eigenvalue weighted by Crippen LogP contribution is -2.27. The Hall–Kier alpha value is -2.65. The van der Waals surface area contributed by atoms with Crippen molar-refractivity contribution in [2.75, 3.05) is 21.3 Å². The molecule has 1 heterocycles. The van der Waals surface area contributed by atoms with E-state index in [0.29, 0.717) is 0 Å². The fraction of sp³-hybridized carbons (Fsp3) is 0.500. The van der Waals surface area contributed by atoms with Crippen LogP contribution in [0.4, 0.5) is 13.2 Å². The van der Waals surface area contributed by atoms with Gasteiger partial charge in [0.1, 0.15) is 0 Å². The zero-order valence-electron chi connectivity index (χ0n) is 14.8. The van der Waals surface area contributed by atoms with Gasteiger partial charge in [-0.15, -0.1) is 0 Å². The Kier molecular flexibility index (Phi) is 6.71. The van der Waals surface area contributed by atoms with Gasteiger partial charge >= 0.3 is 24.1 Å². The molecule has 0 radical (unpaired) electrons. The molecule has 0 unspecified atom stereocenters. The first-order valence-corrected chi connectivity index (χ1v) is 7.38. The average Bonchev–Trinajstić information content (AvgIpc) is 2.57. The van der Waals surface area contributed by atoms with Gasteiger partial charge in [0.05, 0.1) is 32.5 Å². The number of rotatable bonds is 5. The molecule has 0 saturated carbocycles. The van der Waals surface area contributed by atoms with E-state index in [4.69, 9.17) is 0 Å². The highest BCUT2D eigenvalue weighted by Gasteiger charge is 2.43. The average molecular weight is 377 g/mol. The number of alkyl halides is 3. The van der Waals surface area contributed by atoms with Crippen molar-refractivity contribution in [2.45, 2.75) is 26.4 Å². The van der Waals surface area contributed by atoms with Crippen LogP contribution in [-0.2, 0) is 26.8 Å². The van der Waals surface area contributed by atoms with Crippen molar-refractivity contribution >= 4 is 17.9 Å². The Morgan fingerprint density at radius 3 is 1.77 bits per heavy atom. The molecule has 0 N–H and O–H groups in total. The summed E-state index contributed by atoms with van der Waals surface area (Å²) in [5.41, 5.74) is -4.33. The monoisotopic (exact) mass is 377 g/mol. The van der Waals surface area contributed by atoms with E-state index >= 15 is 0 Å². The van der Waals surface area contributed by atoms with Crippen molar-refractivity contribution in [1.82, 2.24) is 4.98 Å². The molecule has 0 bridgehead atoms. The molecule has 0 aromatic carbocycles. The summed E-state index contributed by atoms with van der Waals surface area (Å²) < 4.78 is 53.9. The van der Waals surface area contributed by atoms with Crippen molar-refractivity contribution in [3.05, 3.63) is 28.1 Å². The van der Waals surface area contributed by atoms with Gasteiger partial charge in [0.25, 0.3) is 0 Å². The molecule has 1 aromatic rings. The molecule has 7 nitrogen and oxygen atoms in total. The van der Waals surface area contributed by atoms with Crippen LogP contribution in [0, 0.1) is 5.92 Å². The second-order valence-corrected chi connectivity index (χ2v) is 5.61. The molecule has 0 aliphatic carbocycles. The fourth-order valence-electron chi connectivity index (χ4n) is 2.34. The van der Waals surface area contributed by atoms with Crippen molar-refractivity contribution < 1.29 is 41.8 Å². The Morgan fingerprint density at radius 1 is 0.923 bits per heavy atom. The van der Waals surface area contributed by atoms with Crippen molar-refractivity contribution in [2.24, 2.45) is 5.92 Å². The van der Waals surface area contributed by atoms with Crippen molar-refractivity contribution in [1.29, 1.82) is 0 Å². The lowest BCUT2D eigenvalue weighted by atomic mass is 9.91. The van der Waals surface area contributed by atoms with E-state index in [1.165, 1.54) is 0 Å². The third-order valence-electron chi connectivity index (χ3n) is 3.34. The van der Waals surface area contributed by atoms with E-state index < -0.39 is 46.6 Å². The first-order valence-electron chi connectivity index (χ1n) is 7.38. The standard InChI is InChI=1S/C16H18F3NO6/c1-7(2)6-8-9(13(21)24-3)11(15(23)26-5)20-12(16(17,18)19)10(8)14(22)25-4/h7H,6H2,1-5H3. The summed E-state index contributed by atoms with van der Waals surface area (Å²) in [5.74, 6) is -3.98. The SMILES string of the molecule is COC(=O)c1nc(C(F)(F)F)c(C(=O)OC)c(CC(C)C)c1C(=O)OC. The van der Waals surface area contributed by atoms with Crippen LogP contribution >= 0.6 is 0 Å². The van der Waals surface area contributed by atoms with E-state index in [-0.39, 0.29) is 17.9 Å². The highest BCUT2D eigenvalue weighted by molar-refractivity contribution is 6.06. The molecule has 0 saturated heterocycles. The van der Waals surface area contributed by atoms with Gasteiger partial charge in [0.15, 0.2) is 11.4 Å². The molecule has 0 atom stereocenters. The van der Waals surface area contributed by atoms with Gasteiger partial charge in [-0.1, -0.05) is 13.8 Å². The van der Waals surface area contributed by atoms with Crippen LogP contribution in [0.3, 0.4) is 0 Å². The van der Waals surface area contributed by atoms with E-state index in [9.17, 15) is 27.6 Å². The van der Waals surface area contributed by atoms with Crippen LogP contribution in [0.25, 0.3) is 0 Å². The third kappa shape index (κ3) is 4.30. The number of methoxy groups -OCH3 is 3. The summed E-state index contributed by atoms with van der Waals surface area (Å²) >= 11 is 0. The second kappa shape index (κ2) is 8.15. The molecule has 0 spiro atoms. The Balaban J connectivity index is 4.11. The lowest BCUT2D eigenvalue weighted by molar-refractivity contribution is -0.141. The molecule has 0 fully saturated rings. The molecule has 0 aliphatic rings. The number of carbonyl (C=O) groups is 3. The number of carbonyl (C=O) groups excluding carboxylic acids is 3. The van der Waals surface area contributed by atoms with Crippen LogP contribution in [0.15, 0.2) is 0 Å². The Bertz CT molecular complexity index is 728. The largest absolute Gasteiger partial charge is 0.465 e. The number of ether oxygens (including phenoxy) is 3. The van der Waals surface area contributed by atoms with Crippen molar-refractivity contribution in [3.63, 3.8) is 0 Å². The first-order chi connectivity index (χ1) is 12.0. The summed E-state index contributed by atoms with van der Waals surface area (Å²) in [6.45, 7) is 3.32. The molecule has 1 aromatic heterocycles. The van der Waals surface area contributed by atoms with E-state index in [1.54, 1.807) is 13.8 Å². The summed E-state index contributed by atoms with van der Waals surface area (Å²) in [7, 11) is 2.81. The number of hydrogen-bond donors (Lipinski definition) is 0. The van der Waals surface area contributed by atoms with Gasteiger partial charge in [-0.25, -0.2) is 19.4 Å². The van der Waals surface area contributed by atoms with Crippen LogP contribution in [0.1, 0.15) is 56.3 Å². The minimum atomic E-state index is -5.08. The predicted octanol–water partition coefficient (Wildman–Crippen LogP) is 2.66. The zero-order valence-corrected chi connectivity index (χ0v) is 14.8. The normalized spacial score (nSPS) is 11.3. The maximum absolute atomic E-state index is 13.5. The minimum absolute atomic E-state index is 0.134. The minimum Gasteiger partial charge on any atom is -0.465 e. The lowest BCUT2D eigenvalue weighted by Gasteiger charge is -2.20. The van der Waals surface area contributed by atoms with Gasteiger partial charge in [0, 0.05) is 0 Å². The van der Waals surface area contributed by atoms with Gasteiger partial charge < -0.3 is 14.2 Å². The van der Waals surface area contributed by atoms with Crippen LogP contribution in [0.2, 0.25) is 0 Å². The molecular formula is C16H18F3NO6. The third-order valence-corrected chi connectivity index (χ3v) is 3.34. The molecule has 1 rings (SSSR count). The molecule has 0 aliphatic heterocycles. The smallest absolute Gasteiger partial charge is 0.434 e. The summed E-state index contributed by atoms with van der Waals surface area (Å²) in [6, 6.07) is 0. The number of hydrogen-bond acceptors (Lipinski definition) is 7. The summed E-state index contributed by atoms with van der Waals surface area (Å²) in [5, 5.41) is 0. The number of esters is 3. The van der Waals surface area contributed by atoms with Gasteiger partial charge in [0.2, 0.25) is 0 Å². The predicted molar refractivity (Wildman–Crippen MR) is 81.8 cm³/mol. The molecular weight excluding hydrogens is 359 g/mol. The number of pyridine rings is 1. The highest BCUT2D eigenvalue weighted by atomic mass is 19.4. The van der Waals surface area contributed by atoms with Gasteiger partial charge in [-0.05, 0) is 17.9 Å². The first kappa shape index (κ1) is 21.4. The summed E-state index contributed by atoms with van der Waals surface area (Å²) in [6.07, 6.45) is -5.21. The van der Waals surface area contributed by atoms with E-state index in [1.807, 2.05) is 0 Å². The number of aromatic nitrogens is 1. The maximum Gasteiger partial charge on any atom is 0.434 e. The zero-order chi connectivity index (χ0) is 20.2. The maximum atomic E-state index is 13.5. The number of nitrogens with zero attached hydrogens (tertiary/aromatic N) is 1. The van der Waals surface area contributed by atoms with Crippen LogP contribution in [0.5, 0.6) is 0 Å². The fourth-order valence-corrected chi connectivity index (χ4v) is 2.34. The van der Waals surface area contributed by atoms with E-state index in [2.05, 4.69) is 19.2 Å². The van der Waals surface area contributed by atoms with E-state index in [0.717, 1.165) is 21.3 Å². The Labute approximate surface area is 147 Å². The second-order valence-electron chi connectivity index (χ2n) is 5.61. The van der Waals surface area contributed by atoms with Crippen LogP contribution < -0.4 is 0 Å². The highest BCUT2D eigenvalue weighted by Crippen LogP contribution is 2.36. The molecule has 26 heavy (non-hydrogen) atoms. The van der Waals surface area contributed by atoms with Crippen LogP contribution in [-0.4, -0.2) is 44.2 Å². The van der Waals surface area contributed by atoms with Gasteiger partial charge in [-0.2, -0.15) is 13.2 Å². The van der Waals surface area contributed by atoms with Gasteiger partial charge in [-0.3, -0.25) is 0 Å². The Morgan fingerprint density at radius 2 is 1.38 bits per heavy atom.